The lowest BCUT2D eigenvalue weighted by molar-refractivity contribution is -0.114. The van der Waals surface area contributed by atoms with Gasteiger partial charge in [0.2, 0.25) is 15.9 Å². The summed E-state index contributed by atoms with van der Waals surface area (Å²) in [5.74, 6) is -0.231. The van der Waals surface area contributed by atoms with Gasteiger partial charge in [0.15, 0.2) is 0 Å². The van der Waals surface area contributed by atoms with Gasteiger partial charge in [0.25, 0.3) is 0 Å². The van der Waals surface area contributed by atoms with Gasteiger partial charge in [-0.25, -0.2) is 8.42 Å². The van der Waals surface area contributed by atoms with E-state index < -0.39 is 10.0 Å². The molecule has 1 fully saturated rings. The first-order valence-corrected chi connectivity index (χ1v) is 10.5. The van der Waals surface area contributed by atoms with E-state index in [1.165, 1.54) is 15.9 Å². The quantitative estimate of drug-likeness (QED) is 0.798. The molecule has 3 rings (SSSR count). The minimum absolute atomic E-state index is 0.104. The molecular formula is C20H25N3O3S. The smallest absolute Gasteiger partial charge is 0.243 e. The summed E-state index contributed by atoms with van der Waals surface area (Å²) in [6.45, 7) is 5.22. The van der Waals surface area contributed by atoms with Crippen LogP contribution in [0.25, 0.3) is 0 Å². The minimum Gasteiger partial charge on any atom is -0.376 e. The third-order valence-electron chi connectivity index (χ3n) is 4.64. The second-order valence-corrected chi connectivity index (χ2v) is 8.80. The van der Waals surface area contributed by atoms with Crippen LogP contribution >= 0.6 is 0 Å². The zero-order valence-electron chi connectivity index (χ0n) is 15.7. The molecule has 2 aromatic rings. The normalized spacial score (nSPS) is 14.9. The first kappa shape index (κ1) is 19.4. The van der Waals surface area contributed by atoms with Gasteiger partial charge in [0.05, 0.1) is 11.4 Å². The highest BCUT2D eigenvalue weighted by atomic mass is 32.2. The van der Waals surface area contributed by atoms with E-state index in [-0.39, 0.29) is 17.3 Å². The maximum Gasteiger partial charge on any atom is 0.243 e. The van der Waals surface area contributed by atoms with Crippen molar-refractivity contribution in [2.75, 3.05) is 30.3 Å². The Bertz CT molecular complexity index is 935. The lowest BCUT2D eigenvalue weighted by Crippen LogP contribution is -2.28. The second kappa shape index (κ2) is 8.10. The summed E-state index contributed by atoms with van der Waals surface area (Å²) in [5, 5.41) is 5.87. The van der Waals surface area contributed by atoms with Crippen molar-refractivity contribution in [1.82, 2.24) is 4.31 Å². The van der Waals surface area contributed by atoms with Gasteiger partial charge in [-0.05, 0) is 56.5 Å². The molecule has 7 heteroatoms. The average molecular weight is 388 g/mol. The number of nitrogens with zero attached hydrogens (tertiary/aromatic N) is 1. The summed E-state index contributed by atoms with van der Waals surface area (Å²) >= 11 is 0. The molecule has 2 N–H and O–H groups in total. The Morgan fingerprint density at radius 3 is 2.52 bits per heavy atom. The van der Waals surface area contributed by atoms with Crippen LogP contribution in [0.5, 0.6) is 0 Å². The molecule has 27 heavy (non-hydrogen) atoms. The molecule has 1 heterocycles. The number of aryl methyl sites for hydroxylation is 2. The molecule has 0 aliphatic carbocycles. The Balaban J connectivity index is 1.64. The maximum atomic E-state index is 12.6. The molecule has 2 aromatic carbocycles. The molecule has 144 valence electrons. The van der Waals surface area contributed by atoms with E-state index in [0.29, 0.717) is 18.8 Å². The largest absolute Gasteiger partial charge is 0.376 e. The van der Waals surface area contributed by atoms with Crippen molar-refractivity contribution in [2.45, 2.75) is 31.6 Å². The molecule has 1 saturated heterocycles. The molecule has 0 radical (unpaired) electrons. The van der Waals surface area contributed by atoms with Crippen molar-refractivity contribution in [3.8, 4) is 0 Å². The summed E-state index contributed by atoms with van der Waals surface area (Å²) in [4.78, 5) is 12.5. The third kappa shape index (κ3) is 4.67. The molecule has 0 spiro atoms. The average Bonchev–Trinajstić information content (AvgIpc) is 3.17. The van der Waals surface area contributed by atoms with Gasteiger partial charge in [-0.3, -0.25) is 4.79 Å². The van der Waals surface area contributed by atoms with Crippen LogP contribution in [-0.2, 0) is 14.8 Å². The van der Waals surface area contributed by atoms with Gasteiger partial charge >= 0.3 is 0 Å². The van der Waals surface area contributed by atoms with Crippen LogP contribution in [0.1, 0.15) is 24.0 Å². The number of benzene rings is 2. The van der Waals surface area contributed by atoms with Gasteiger partial charge in [0, 0.05) is 24.5 Å². The predicted molar refractivity (Wildman–Crippen MR) is 107 cm³/mol. The van der Waals surface area contributed by atoms with E-state index in [2.05, 4.69) is 10.6 Å². The lowest BCUT2D eigenvalue weighted by atomic mass is 10.1. The number of carbonyl (C=O) groups is 1. The maximum absolute atomic E-state index is 12.6. The van der Waals surface area contributed by atoms with E-state index in [9.17, 15) is 13.2 Å². The highest BCUT2D eigenvalue weighted by Gasteiger charge is 2.27. The summed E-state index contributed by atoms with van der Waals surface area (Å²) in [6, 6.07) is 12.4. The van der Waals surface area contributed by atoms with Crippen LogP contribution in [0.4, 0.5) is 11.4 Å². The Labute approximate surface area is 160 Å². The fourth-order valence-corrected chi connectivity index (χ4v) is 4.77. The number of sulfonamides is 1. The molecule has 0 aromatic heterocycles. The minimum atomic E-state index is -3.50. The molecular weight excluding hydrogens is 362 g/mol. The molecule has 1 amide bonds. The van der Waals surface area contributed by atoms with E-state index in [4.69, 9.17) is 0 Å². The van der Waals surface area contributed by atoms with Crippen LogP contribution in [0.3, 0.4) is 0 Å². The molecule has 0 saturated carbocycles. The highest BCUT2D eigenvalue weighted by Crippen LogP contribution is 2.23. The van der Waals surface area contributed by atoms with Crippen molar-refractivity contribution in [1.29, 1.82) is 0 Å². The van der Waals surface area contributed by atoms with Crippen molar-refractivity contribution in [3.63, 3.8) is 0 Å². The van der Waals surface area contributed by atoms with Crippen LogP contribution in [0.2, 0.25) is 0 Å². The van der Waals surface area contributed by atoms with E-state index in [0.717, 1.165) is 24.1 Å². The molecule has 0 unspecified atom stereocenters. The summed E-state index contributed by atoms with van der Waals surface area (Å²) in [7, 11) is -3.50. The van der Waals surface area contributed by atoms with E-state index >= 15 is 0 Å². The number of hydrogen-bond acceptors (Lipinski definition) is 4. The second-order valence-electron chi connectivity index (χ2n) is 6.86. The summed E-state index contributed by atoms with van der Waals surface area (Å²) in [5.41, 5.74) is 3.61. The van der Waals surface area contributed by atoms with Crippen molar-refractivity contribution in [2.24, 2.45) is 0 Å². The van der Waals surface area contributed by atoms with Crippen LogP contribution in [-0.4, -0.2) is 38.3 Å². The summed E-state index contributed by atoms with van der Waals surface area (Å²) < 4.78 is 26.8. The fraction of sp³-hybridized carbons (Fsp3) is 0.350. The zero-order chi connectivity index (χ0) is 19.4. The van der Waals surface area contributed by atoms with E-state index in [1.54, 1.807) is 18.2 Å². The predicted octanol–water partition coefficient (Wildman–Crippen LogP) is 3.14. The van der Waals surface area contributed by atoms with Crippen molar-refractivity contribution in [3.05, 3.63) is 53.6 Å². The van der Waals surface area contributed by atoms with Gasteiger partial charge in [-0.1, -0.05) is 23.8 Å². The topological polar surface area (TPSA) is 78.5 Å². The standard InChI is InChI=1S/C20H25N3O3S/c1-15-8-9-19(16(2)12-15)21-14-20(24)22-17-6-5-7-18(13-17)27(25,26)23-10-3-4-11-23/h5-9,12-13,21H,3-4,10-11,14H2,1-2H3,(H,22,24). The van der Waals surface area contributed by atoms with Crippen LogP contribution in [0, 0.1) is 13.8 Å². The zero-order valence-corrected chi connectivity index (χ0v) is 16.5. The SMILES string of the molecule is Cc1ccc(NCC(=O)Nc2cccc(S(=O)(=O)N3CCCC3)c2)c(C)c1. The van der Waals surface area contributed by atoms with Crippen molar-refractivity contribution >= 4 is 27.3 Å². The molecule has 1 aliphatic rings. The summed E-state index contributed by atoms with van der Waals surface area (Å²) in [6.07, 6.45) is 1.78. The number of anilines is 2. The first-order chi connectivity index (χ1) is 12.9. The lowest BCUT2D eigenvalue weighted by Gasteiger charge is -2.16. The molecule has 6 nitrogen and oxygen atoms in total. The molecule has 0 atom stereocenters. The first-order valence-electron chi connectivity index (χ1n) is 9.07. The Morgan fingerprint density at radius 2 is 1.81 bits per heavy atom. The monoisotopic (exact) mass is 387 g/mol. The number of nitrogens with one attached hydrogen (secondary N) is 2. The van der Waals surface area contributed by atoms with Crippen molar-refractivity contribution < 1.29 is 13.2 Å². The number of carbonyl (C=O) groups excluding carboxylic acids is 1. The number of amides is 1. The molecule has 1 aliphatic heterocycles. The highest BCUT2D eigenvalue weighted by molar-refractivity contribution is 7.89. The molecule has 0 bridgehead atoms. The van der Waals surface area contributed by atoms with Crippen LogP contribution in [0.15, 0.2) is 47.4 Å². The Kier molecular flexibility index (Phi) is 5.82. The van der Waals surface area contributed by atoms with Gasteiger partial charge in [-0.2, -0.15) is 4.31 Å². The Hall–Kier alpha value is -2.38. The van der Waals surface area contributed by atoms with Crippen LogP contribution < -0.4 is 10.6 Å². The van der Waals surface area contributed by atoms with Gasteiger partial charge < -0.3 is 10.6 Å². The van der Waals surface area contributed by atoms with Gasteiger partial charge in [-0.15, -0.1) is 0 Å². The fourth-order valence-electron chi connectivity index (χ4n) is 3.20. The Morgan fingerprint density at radius 1 is 1.07 bits per heavy atom. The number of hydrogen-bond donors (Lipinski definition) is 2. The van der Waals surface area contributed by atoms with Gasteiger partial charge in [0.1, 0.15) is 0 Å². The third-order valence-corrected chi connectivity index (χ3v) is 6.54. The number of rotatable bonds is 6. The van der Waals surface area contributed by atoms with E-state index in [1.807, 2.05) is 32.0 Å².